The molecule has 0 aliphatic carbocycles. The van der Waals surface area contributed by atoms with Gasteiger partial charge in [0.1, 0.15) is 5.75 Å². The van der Waals surface area contributed by atoms with E-state index < -0.39 is 0 Å². The fourth-order valence-electron chi connectivity index (χ4n) is 2.59. The summed E-state index contributed by atoms with van der Waals surface area (Å²) in [6.07, 6.45) is 0. The summed E-state index contributed by atoms with van der Waals surface area (Å²) in [4.78, 5) is 0. The molecule has 0 unspecified atom stereocenters. The average Bonchev–Trinajstić information content (AvgIpc) is 2.62. The Hall–Kier alpha value is -1.92. The van der Waals surface area contributed by atoms with Gasteiger partial charge in [-0.15, -0.1) is 24.3 Å². The molecule has 0 bridgehead atoms. The van der Waals surface area contributed by atoms with Crippen molar-refractivity contribution in [3.8, 4) is 5.75 Å². The Labute approximate surface area is 203 Å². The third kappa shape index (κ3) is 10.7. The number of phenolic OH excluding ortho intramolecular Hbond substituents is 1. The summed E-state index contributed by atoms with van der Waals surface area (Å²) < 4.78 is 0. The van der Waals surface area contributed by atoms with Crippen molar-refractivity contribution < 1.29 is 31.3 Å². The quantitative estimate of drug-likeness (QED) is 0.327. The molecule has 0 radical (unpaired) electrons. The molecule has 2 heteroatoms. The molecule has 1 nitrogen and oxygen atoms in total. The SMILES string of the molecule is CC(C)(C)c1ccc(C(C)(C)C)c(O)c1.[CH2-]c1ccccc1.[CH2-]c1ccccc1.[Zr+2]. The molecule has 0 aliphatic heterocycles. The Balaban J connectivity index is 0.000000467. The van der Waals surface area contributed by atoms with Crippen LogP contribution in [0.15, 0.2) is 78.9 Å². The summed E-state index contributed by atoms with van der Waals surface area (Å²) in [6.45, 7) is 20.2. The molecule has 158 valence electrons. The summed E-state index contributed by atoms with van der Waals surface area (Å²) in [7, 11) is 0. The first-order valence-corrected chi connectivity index (χ1v) is 9.99. The first kappa shape index (κ1) is 28.1. The molecule has 0 saturated heterocycles. The summed E-state index contributed by atoms with van der Waals surface area (Å²) in [5.41, 5.74) is 4.42. The van der Waals surface area contributed by atoms with Crippen molar-refractivity contribution in [2.45, 2.75) is 52.4 Å². The van der Waals surface area contributed by atoms with Crippen LogP contribution in [0.1, 0.15) is 63.8 Å². The molecule has 3 aromatic carbocycles. The number of benzene rings is 3. The second-order valence-electron chi connectivity index (χ2n) is 9.20. The van der Waals surface area contributed by atoms with Crippen LogP contribution in [0.3, 0.4) is 0 Å². The first-order chi connectivity index (χ1) is 13.4. The van der Waals surface area contributed by atoms with Gasteiger partial charge in [-0.2, -0.15) is 49.2 Å². The van der Waals surface area contributed by atoms with Gasteiger partial charge in [0, 0.05) is 0 Å². The fraction of sp³-hybridized carbons (Fsp3) is 0.286. The van der Waals surface area contributed by atoms with Crippen molar-refractivity contribution >= 4 is 0 Å². The minimum absolute atomic E-state index is 0. The average molecular weight is 480 g/mol. The van der Waals surface area contributed by atoms with Crippen LogP contribution in [0.2, 0.25) is 0 Å². The molecule has 0 amide bonds. The molecule has 0 atom stereocenters. The van der Waals surface area contributed by atoms with Gasteiger partial charge in [0.2, 0.25) is 0 Å². The number of aromatic hydroxyl groups is 1. The topological polar surface area (TPSA) is 20.2 Å². The van der Waals surface area contributed by atoms with Crippen molar-refractivity contribution in [3.63, 3.8) is 0 Å². The monoisotopic (exact) mass is 478 g/mol. The molecule has 0 fully saturated rings. The van der Waals surface area contributed by atoms with E-state index in [2.05, 4.69) is 61.5 Å². The summed E-state index contributed by atoms with van der Waals surface area (Å²) in [5, 5.41) is 9.99. The Bertz CT molecular complexity index is 804. The van der Waals surface area contributed by atoms with Crippen LogP contribution in [0.5, 0.6) is 5.75 Å². The maximum atomic E-state index is 9.99. The number of hydrogen-bond donors (Lipinski definition) is 1. The summed E-state index contributed by atoms with van der Waals surface area (Å²) >= 11 is 0. The molecular formula is C28H36OZr. The van der Waals surface area contributed by atoms with Crippen molar-refractivity contribution in [1.29, 1.82) is 0 Å². The van der Waals surface area contributed by atoms with E-state index in [1.54, 1.807) is 0 Å². The van der Waals surface area contributed by atoms with E-state index in [1.807, 2.05) is 72.8 Å². The van der Waals surface area contributed by atoms with E-state index in [1.165, 1.54) is 5.56 Å². The standard InChI is InChI=1S/C14H22O.2C7H7.Zr/c1-13(2,3)10-7-8-11(12(15)9-10)14(4,5)6;2*1-7-5-3-2-4-6-7;/h7-9,15H,1-6H3;2*2-6H,1H2;/q;2*-1;+2. The molecule has 0 aliphatic rings. The van der Waals surface area contributed by atoms with Crippen molar-refractivity contribution in [2.24, 2.45) is 0 Å². The van der Waals surface area contributed by atoms with Gasteiger partial charge in [0.05, 0.1) is 0 Å². The minimum atomic E-state index is 0. The zero-order valence-electron chi connectivity index (χ0n) is 19.4. The van der Waals surface area contributed by atoms with Gasteiger partial charge in [-0.1, -0.05) is 65.8 Å². The Morgan fingerprint density at radius 1 is 0.600 bits per heavy atom. The number of phenols is 1. The van der Waals surface area contributed by atoms with Crippen molar-refractivity contribution in [2.75, 3.05) is 0 Å². The predicted molar refractivity (Wildman–Crippen MR) is 127 cm³/mol. The van der Waals surface area contributed by atoms with E-state index in [-0.39, 0.29) is 37.0 Å². The van der Waals surface area contributed by atoms with Gasteiger partial charge in [-0.3, -0.25) is 0 Å². The van der Waals surface area contributed by atoms with E-state index in [0.717, 1.165) is 16.7 Å². The van der Waals surface area contributed by atoms with Gasteiger partial charge in [0.25, 0.3) is 0 Å². The van der Waals surface area contributed by atoms with Gasteiger partial charge < -0.3 is 5.11 Å². The molecule has 0 heterocycles. The van der Waals surface area contributed by atoms with Crippen LogP contribution in [0.4, 0.5) is 0 Å². The third-order valence-electron chi connectivity index (χ3n) is 4.36. The zero-order valence-corrected chi connectivity index (χ0v) is 21.8. The van der Waals surface area contributed by atoms with Crippen LogP contribution in [0.25, 0.3) is 0 Å². The molecule has 0 spiro atoms. The Morgan fingerprint density at radius 3 is 1.23 bits per heavy atom. The Kier molecular flexibility index (Phi) is 11.9. The van der Waals surface area contributed by atoms with E-state index in [9.17, 15) is 5.11 Å². The zero-order chi connectivity index (χ0) is 22.1. The van der Waals surface area contributed by atoms with Crippen molar-refractivity contribution in [1.82, 2.24) is 0 Å². The van der Waals surface area contributed by atoms with Crippen LogP contribution in [-0.4, -0.2) is 5.11 Å². The normalized spacial score (nSPS) is 10.5. The summed E-state index contributed by atoms with van der Waals surface area (Å²) in [5.74, 6) is 0.412. The third-order valence-corrected chi connectivity index (χ3v) is 4.36. The molecule has 30 heavy (non-hydrogen) atoms. The van der Waals surface area contributed by atoms with Gasteiger partial charge in [-0.05, 0) is 28.0 Å². The molecule has 3 rings (SSSR count). The summed E-state index contributed by atoms with van der Waals surface area (Å²) in [6, 6.07) is 25.8. The van der Waals surface area contributed by atoms with Crippen LogP contribution >= 0.6 is 0 Å². The van der Waals surface area contributed by atoms with E-state index in [0.29, 0.717) is 5.75 Å². The maximum absolute atomic E-state index is 9.99. The molecular weight excluding hydrogens is 444 g/mol. The Morgan fingerprint density at radius 2 is 1.00 bits per heavy atom. The maximum Gasteiger partial charge on any atom is 2.00 e. The molecule has 3 aromatic rings. The van der Waals surface area contributed by atoms with Crippen LogP contribution < -0.4 is 0 Å². The number of hydrogen-bond acceptors (Lipinski definition) is 1. The van der Waals surface area contributed by atoms with Crippen LogP contribution in [0, 0.1) is 13.8 Å². The smallest absolute Gasteiger partial charge is 0.508 e. The van der Waals surface area contributed by atoms with E-state index >= 15 is 0 Å². The van der Waals surface area contributed by atoms with E-state index in [4.69, 9.17) is 0 Å². The molecule has 1 N–H and O–H groups in total. The second kappa shape index (κ2) is 12.7. The van der Waals surface area contributed by atoms with Gasteiger partial charge in [0.15, 0.2) is 0 Å². The fourth-order valence-corrected chi connectivity index (χ4v) is 2.59. The number of rotatable bonds is 0. The minimum Gasteiger partial charge on any atom is -0.508 e. The first-order valence-electron chi connectivity index (χ1n) is 9.99. The molecule has 0 aromatic heterocycles. The largest absolute Gasteiger partial charge is 2.00 e. The predicted octanol–water partition coefficient (Wildman–Crippen LogP) is 7.72. The van der Waals surface area contributed by atoms with Crippen LogP contribution in [-0.2, 0) is 37.0 Å². The van der Waals surface area contributed by atoms with Gasteiger partial charge >= 0.3 is 26.2 Å². The molecule has 0 saturated carbocycles. The second-order valence-corrected chi connectivity index (χ2v) is 9.20. The van der Waals surface area contributed by atoms with Crippen molar-refractivity contribution in [3.05, 3.63) is 115 Å². The van der Waals surface area contributed by atoms with Gasteiger partial charge in [-0.25, -0.2) is 0 Å².